The maximum Gasteiger partial charge on any atom is 0.269 e. The fourth-order valence-corrected chi connectivity index (χ4v) is 10.6. The zero-order valence-electron chi connectivity index (χ0n) is 43.4. The van der Waals surface area contributed by atoms with Crippen molar-refractivity contribution in [3.63, 3.8) is 0 Å². The van der Waals surface area contributed by atoms with Crippen LogP contribution in [0.2, 0.25) is 0 Å². The van der Waals surface area contributed by atoms with E-state index in [9.17, 15) is 2.74 Å². The van der Waals surface area contributed by atoms with Crippen molar-refractivity contribution in [2.75, 3.05) is 0 Å². The van der Waals surface area contributed by atoms with Gasteiger partial charge in [0.1, 0.15) is 28.5 Å². The zero-order valence-corrected chi connectivity index (χ0v) is 38.4. The summed E-state index contributed by atoms with van der Waals surface area (Å²) >= 11 is 0. The summed E-state index contributed by atoms with van der Waals surface area (Å²) in [4.78, 5) is 4.88. The second-order valence-electron chi connectivity index (χ2n) is 18.9. The van der Waals surface area contributed by atoms with Gasteiger partial charge in [-0.05, 0) is 111 Å². The van der Waals surface area contributed by atoms with E-state index in [2.05, 4.69) is 123 Å². The SMILES string of the molecule is [2H]c1c([2H])c([2H])c(-c2cccc3c2-[n+]2[c-]n(-c4cccc(Oc5ccc6c7ccccc7n(-c7cc(C(C)(C)C)ccn7)c6c5)c4)c4cccc(c42)-c2ccccc2-c2ccc4c(oc5ccccc54)c2-3)c([2H])c1[2H]. The van der Waals surface area contributed by atoms with Gasteiger partial charge in [-0.25, -0.2) is 4.98 Å². The first kappa shape index (κ1) is 35.2. The fraction of sp³-hybridized carbons (Fsp3) is 0.0625. The number of para-hydroxylation sites is 4. The van der Waals surface area contributed by atoms with E-state index in [-0.39, 0.29) is 23.1 Å². The minimum Gasteiger partial charge on any atom is -0.458 e. The van der Waals surface area contributed by atoms with Crippen molar-refractivity contribution in [2.24, 2.45) is 0 Å². The summed E-state index contributed by atoms with van der Waals surface area (Å²) < 4.78 is 64.9. The average Bonchev–Trinajstić information content (AvgIpc) is 4.12. The van der Waals surface area contributed by atoms with Crippen LogP contribution >= 0.6 is 0 Å². The summed E-state index contributed by atoms with van der Waals surface area (Å²) in [6.45, 7) is 6.63. The van der Waals surface area contributed by atoms with Gasteiger partial charge in [0.2, 0.25) is 0 Å². The van der Waals surface area contributed by atoms with Crippen LogP contribution in [-0.4, -0.2) is 14.1 Å². The normalized spacial score (nSPS) is 13.2. The van der Waals surface area contributed by atoms with Gasteiger partial charge in [0, 0.05) is 39.4 Å². The lowest BCUT2D eigenvalue weighted by Crippen LogP contribution is -2.32. The molecule has 6 nitrogen and oxygen atoms in total. The van der Waals surface area contributed by atoms with E-state index < -0.39 is 18.1 Å². The van der Waals surface area contributed by atoms with E-state index in [1.165, 1.54) is 5.56 Å². The maximum atomic E-state index is 9.36. The van der Waals surface area contributed by atoms with Gasteiger partial charge in [-0.15, -0.1) is 0 Å². The summed E-state index contributed by atoms with van der Waals surface area (Å²) in [6.07, 6.45) is 5.66. The Morgan fingerprint density at radius 1 is 0.571 bits per heavy atom. The lowest BCUT2D eigenvalue weighted by Gasteiger charge is -2.20. The molecule has 5 heterocycles. The highest BCUT2D eigenvalue weighted by Crippen LogP contribution is 2.49. The Labute approximate surface area is 411 Å². The molecule has 0 unspecified atom stereocenters. The Morgan fingerprint density at radius 2 is 1.26 bits per heavy atom. The number of nitrogens with zero attached hydrogens (tertiary/aromatic N) is 4. The van der Waals surface area contributed by atoms with Crippen LogP contribution in [0.3, 0.4) is 0 Å². The van der Waals surface area contributed by atoms with E-state index in [1.807, 2.05) is 100 Å². The van der Waals surface area contributed by atoms with Crippen molar-refractivity contribution in [3.05, 3.63) is 224 Å². The molecular formula is C64H44N4O2. The summed E-state index contributed by atoms with van der Waals surface area (Å²) in [7, 11) is 0. The predicted octanol–water partition coefficient (Wildman–Crippen LogP) is 16.2. The Balaban J connectivity index is 1.00. The Morgan fingerprint density at radius 3 is 2.13 bits per heavy atom. The highest BCUT2D eigenvalue weighted by atomic mass is 16.5. The van der Waals surface area contributed by atoms with Gasteiger partial charge in [0.25, 0.3) is 6.33 Å². The first-order chi connectivity index (χ1) is 36.4. The molecule has 70 heavy (non-hydrogen) atoms. The number of hydrogen-bond donors (Lipinski definition) is 0. The number of ether oxygens (including phenoxy) is 1. The Kier molecular flexibility index (Phi) is 7.67. The monoisotopic (exact) mass is 905 g/mol. The molecule has 6 heteroatoms. The highest BCUT2D eigenvalue weighted by Gasteiger charge is 2.29. The van der Waals surface area contributed by atoms with Gasteiger partial charge in [0.05, 0.1) is 40.3 Å². The topological polar surface area (TPSA) is 49.0 Å². The van der Waals surface area contributed by atoms with Crippen LogP contribution in [0.15, 0.2) is 217 Å². The minimum absolute atomic E-state index is 0.0668. The third-order valence-corrected chi connectivity index (χ3v) is 13.8. The molecule has 0 saturated heterocycles. The summed E-state index contributed by atoms with van der Waals surface area (Å²) in [5.74, 6) is 2.09. The number of benzene rings is 9. The van der Waals surface area contributed by atoms with Gasteiger partial charge >= 0.3 is 0 Å². The second-order valence-corrected chi connectivity index (χ2v) is 18.9. The van der Waals surface area contributed by atoms with Gasteiger partial charge in [-0.1, -0.05) is 160 Å². The molecular weight excluding hydrogens is 857 g/mol. The van der Waals surface area contributed by atoms with Crippen molar-refractivity contribution >= 4 is 54.8 Å². The molecule has 0 spiro atoms. The number of hydrogen-bond acceptors (Lipinski definition) is 3. The van der Waals surface area contributed by atoms with Gasteiger partial charge in [-0.2, -0.15) is 0 Å². The lowest BCUT2D eigenvalue weighted by molar-refractivity contribution is -0.570. The predicted molar refractivity (Wildman–Crippen MR) is 284 cm³/mol. The number of furan rings is 1. The molecule has 4 aromatic heterocycles. The van der Waals surface area contributed by atoms with E-state index in [0.29, 0.717) is 28.3 Å². The standard InChI is InChI=1S/C64H44N4O2/c1-64(2,3)41-34-35-65-59(36-41)68-55-27-11-9-22-48(55)49-31-30-44(38-57(49)68)69-43-19-13-18-42(37-43)66-39-67-61-45(40-16-5-4-6-17-40)24-14-26-54(61)60-51(32-33-53-50-23-10-12-29-58(50)70-63(53)60)46-20-7-8-21-47(46)52-25-15-28-56(66)62(52)67/h4-38H,1-3H3/i4D,5D,6D,16D,17D. The van der Waals surface area contributed by atoms with E-state index in [1.54, 1.807) is 0 Å². The third kappa shape index (κ3) is 6.13. The van der Waals surface area contributed by atoms with E-state index >= 15 is 0 Å². The molecule has 0 fully saturated rings. The van der Waals surface area contributed by atoms with Crippen LogP contribution in [0.4, 0.5) is 0 Å². The molecule has 332 valence electrons. The van der Waals surface area contributed by atoms with Crippen LogP contribution in [-0.2, 0) is 5.41 Å². The number of pyridine rings is 1. The van der Waals surface area contributed by atoms with Crippen molar-refractivity contribution in [1.29, 1.82) is 0 Å². The summed E-state index contributed by atoms with van der Waals surface area (Å²) in [5, 5.41) is 4.11. The van der Waals surface area contributed by atoms with Crippen molar-refractivity contribution in [3.8, 4) is 73.2 Å². The van der Waals surface area contributed by atoms with Crippen molar-refractivity contribution < 1.29 is 20.6 Å². The van der Waals surface area contributed by atoms with Crippen LogP contribution in [0.25, 0.3) is 116 Å². The first-order valence-corrected chi connectivity index (χ1v) is 23.5. The average molecular weight is 906 g/mol. The molecule has 1 aliphatic heterocycles. The van der Waals surface area contributed by atoms with Crippen LogP contribution in [0.5, 0.6) is 11.5 Å². The molecule has 0 saturated carbocycles. The van der Waals surface area contributed by atoms with Crippen LogP contribution in [0.1, 0.15) is 33.2 Å². The van der Waals surface area contributed by atoms with Crippen LogP contribution in [0, 0.1) is 6.33 Å². The number of aromatic nitrogens is 4. The van der Waals surface area contributed by atoms with E-state index in [4.69, 9.17) is 18.3 Å². The van der Waals surface area contributed by atoms with Gasteiger partial charge < -0.3 is 9.15 Å². The summed E-state index contributed by atoms with van der Waals surface area (Å²) in [5.41, 5.74) is 13.4. The fourth-order valence-electron chi connectivity index (χ4n) is 10.6. The quantitative estimate of drug-likeness (QED) is 0.128. The van der Waals surface area contributed by atoms with E-state index in [0.717, 1.165) is 94.1 Å². The highest BCUT2D eigenvalue weighted by molar-refractivity contribution is 6.15. The smallest absolute Gasteiger partial charge is 0.269 e. The lowest BCUT2D eigenvalue weighted by atomic mass is 9.87. The molecule has 0 N–H and O–H groups in total. The van der Waals surface area contributed by atoms with Crippen LogP contribution < -0.4 is 9.30 Å². The summed E-state index contributed by atoms with van der Waals surface area (Å²) in [6, 6.07) is 57.5. The number of fused-ring (bicyclic) bond motifs is 14. The molecule has 1 aliphatic rings. The molecule has 0 bridgehead atoms. The van der Waals surface area contributed by atoms with Crippen molar-refractivity contribution in [2.45, 2.75) is 26.2 Å². The largest absolute Gasteiger partial charge is 0.458 e. The Bertz CT molecular complexity index is 4550. The third-order valence-electron chi connectivity index (χ3n) is 13.8. The molecule has 9 aromatic carbocycles. The molecule has 0 aliphatic carbocycles. The maximum absolute atomic E-state index is 9.36. The van der Waals surface area contributed by atoms with Gasteiger partial charge in [0.15, 0.2) is 0 Å². The molecule has 0 amide bonds. The molecule has 0 atom stereocenters. The minimum atomic E-state index is -0.459. The zero-order chi connectivity index (χ0) is 51.0. The number of rotatable bonds is 5. The van der Waals surface area contributed by atoms with Gasteiger partial charge in [-0.3, -0.25) is 13.7 Å². The Hall–Kier alpha value is -9.00. The van der Waals surface area contributed by atoms with Crippen molar-refractivity contribution in [1.82, 2.24) is 14.1 Å². The second kappa shape index (κ2) is 15.3. The number of imidazole rings is 1. The first-order valence-electron chi connectivity index (χ1n) is 26.0. The molecule has 13 aromatic rings. The molecule has 0 radical (unpaired) electrons. The molecule has 14 rings (SSSR count).